The molecule has 0 saturated carbocycles. The number of hydrogen-bond donors (Lipinski definition) is 1. The number of amides is 3. The lowest BCUT2D eigenvalue weighted by molar-refractivity contribution is -0.136. The van der Waals surface area contributed by atoms with E-state index < -0.39 is 0 Å². The number of benzene rings is 3. The van der Waals surface area contributed by atoms with Crippen LogP contribution in [0.5, 0.6) is 0 Å². The van der Waals surface area contributed by atoms with Crippen molar-refractivity contribution < 1.29 is 18.8 Å². The third-order valence-electron chi connectivity index (χ3n) is 6.78. The molecule has 2 saturated heterocycles. The second kappa shape index (κ2) is 9.25. The SMILES string of the molecule is O=C(NC1CCN(C(=O)C2CC(=O)N(c3cccc4ccccc34)C2)CC1)c1ccc(F)cc1. The first kappa shape index (κ1) is 22.1. The number of nitrogens with one attached hydrogen (secondary N) is 1. The number of carbonyl (C=O) groups excluding carboxylic acids is 3. The van der Waals surface area contributed by atoms with Crippen LogP contribution < -0.4 is 10.2 Å². The Bertz CT molecular complexity index is 1230. The Hall–Kier alpha value is -3.74. The summed E-state index contributed by atoms with van der Waals surface area (Å²) in [6.45, 7) is 1.45. The Morgan fingerprint density at radius 1 is 0.912 bits per heavy atom. The van der Waals surface area contributed by atoms with Crippen molar-refractivity contribution in [1.29, 1.82) is 0 Å². The van der Waals surface area contributed by atoms with Crippen LogP contribution in [0, 0.1) is 11.7 Å². The van der Waals surface area contributed by atoms with E-state index in [1.807, 2.05) is 47.4 Å². The largest absolute Gasteiger partial charge is 0.349 e. The minimum atomic E-state index is -0.382. The highest BCUT2D eigenvalue weighted by atomic mass is 19.1. The molecule has 7 heteroatoms. The highest BCUT2D eigenvalue weighted by Crippen LogP contribution is 2.32. The van der Waals surface area contributed by atoms with Gasteiger partial charge in [0.25, 0.3) is 5.91 Å². The Labute approximate surface area is 197 Å². The standard InChI is InChI=1S/C27H26FN3O3/c28-21-10-8-19(9-11-21)26(33)29-22-12-14-30(15-13-22)27(34)20-16-25(32)31(17-20)24-7-3-5-18-4-1-2-6-23(18)24/h1-11,20,22H,12-17H2,(H,29,33). The van der Waals surface area contributed by atoms with E-state index in [1.165, 1.54) is 24.3 Å². The van der Waals surface area contributed by atoms with Gasteiger partial charge in [-0.15, -0.1) is 0 Å². The quantitative estimate of drug-likeness (QED) is 0.646. The Morgan fingerprint density at radius 2 is 1.62 bits per heavy atom. The van der Waals surface area contributed by atoms with Gasteiger partial charge in [0.05, 0.1) is 11.6 Å². The zero-order valence-electron chi connectivity index (χ0n) is 18.7. The molecule has 1 N–H and O–H groups in total. The molecule has 0 spiro atoms. The monoisotopic (exact) mass is 459 g/mol. The minimum absolute atomic E-state index is 0.000558. The van der Waals surface area contributed by atoms with E-state index in [0.29, 0.717) is 38.0 Å². The van der Waals surface area contributed by atoms with E-state index >= 15 is 0 Å². The van der Waals surface area contributed by atoms with Gasteiger partial charge in [-0.25, -0.2) is 4.39 Å². The lowest BCUT2D eigenvalue weighted by atomic mass is 10.0. The smallest absolute Gasteiger partial charge is 0.251 e. The summed E-state index contributed by atoms with van der Waals surface area (Å²) in [6.07, 6.45) is 1.50. The number of fused-ring (bicyclic) bond motifs is 1. The number of carbonyl (C=O) groups is 3. The molecule has 34 heavy (non-hydrogen) atoms. The average Bonchev–Trinajstić information content (AvgIpc) is 3.25. The van der Waals surface area contributed by atoms with E-state index in [-0.39, 0.29) is 41.9 Å². The topological polar surface area (TPSA) is 69.7 Å². The summed E-state index contributed by atoms with van der Waals surface area (Å²) in [4.78, 5) is 42.0. The zero-order valence-corrected chi connectivity index (χ0v) is 18.7. The summed E-state index contributed by atoms with van der Waals surface area (Å²) >= 11 is 0. The lowest BCUT2D eigenvalue weighted by Crippen LogP contribution is -2.48. The predicted molar refractivity (Wildman–Crippen MR) is 128 cm³/mol. The van der Waals surface area contributed by atoms with Crippen LogP contribution in [0.4, 0.5) is 10.1 Å². The summed E-state index contributed by atoms with van der Waals surface area (Å²) in [5, 5.41) is 5.04. The Morgan fingerprint density at radius 3 is 2.38 bits per heavy atom. The molecule has 1 atom stereocenters. The van der Waals surface area contributed by atoms with E-state index in [0.717, 1.165) is 16.5 Å². The van der Waals surface area contributed by atoms with Gasteiger partial charge in [0.15, 0.2) is 0 Å². The predicted octanol–water partition coefficient (Wildman–Crippen LogP) is 3.75. The molecule has 0 aliphatic carbocycles. The van der Waals surface area contributed by atoms with Gasteiger partial charge in [-0.1, -0.05) is 36.4 Å². The molecule has 0 aromatic heterocycles. The molecule has 5 rings (SSSR count). The van der Waals surface area contributed by atoms with Gasteiger partial charge < -0.3 is 15.1 Å². The number of rotatable bonds is 4. The fourth-order valence-electron chi connectivity index (χ4n) is 4.92. The van der Waals surface area contributed by atoms with Crippen molar-refractivity contribution in [3.05, 3.63) is 78.1 Å². The minimum Gasteiger partial charge on any atom is -0.349 e. The Kier molecular flexibility index (Phi) is 6.01. The molecular formula is C27H26FN3O3. The third kappa shape index (κ3) is 4.38. The summed E-state index contributed by atoms with van der Waals surface area (Å²) in [5.74, 6) is -1.02. The molecular weight excluding hydrogens is 433 g/mol. The molecule has 0 bridgehead atoms. The molecule has 2 fully saturated rings. The van der Waals surface area contributed by atoms with Crippen LogP contribution in [0.3, 0.4) is 0 Å². The van der Waals surface area contributed by atoms with Crippen molar-refractivity contribution in [2.75, 3.05) is 24.5 Å². The van der Waals surface area contributed by atoms with Crippen molar-refractivity contribution in [2.45, 2.75) is 25.3 Å². The maximum absolute atomic E-state index is 13.2. The maximum atomic E-state index is 13.2. The van der Waals surface area contributed by atoms with Crippen LogP contribution in [-0.4, -0.2) is 48.3 Å². The van der Waals surface area contributed by atoms with E-state index in [4.69, 9.17) is 0 Å². The molecule has 3 aromatic rings. The van der Waals surface area contributed by atoms with Crippen LogP contribution in [0.15, 0.2) is 66.7 Å². The molecule has 6 nitrogen and oxygen atoms in total. The van der Waals surface area contributed by atoms with Crippen molar-refractivity contribution >= 4 is 34.2 Å². The third-order valence-corrected chi connectivity index (χ3v) is 6.78. The highest BCUT2D eigenvalue weighted by molar-refractivity contribution is 6.07. The highest BCUT2D eigenvalue weighted by Gasteiger charge is 2.38. The fraction of sp³-hybridized carbons (Fsp3) is 0.296. The van der Waals surface area contributed by atoms with Crippen LogP contribution in [0.25, 0.3) is 10.8 Å². The molecule has 2 aliphatic heterocycles. The van der Waals surface area contributed by atoms with E-state index in [9.17, 15) is 18.8 Å². The van der Waals surface area contributed by atoms with E-state index in [1.54, 1.807) is 4.90 Å². The van der Waals surface area contributed by atoms with Crippen LogP contribution in [0.1, 0.15) is 29.6 Å². The Balaban J connectivity index is 1.19. The normalized spacial score (nSPS) is 19.0. The van der Waals surface area contributed by atoms with Gasteiger partial charge in [0.2, 0.25) is 11.8 Å². The average molecular weight is 460 g/mol. The number of piperidine rings is 1. The van der Waals surface area contributed by atoms with Gasteiger partial charge >= 0.3 is 0 Å². The summed E-state index contributed by atoms with van der Waals surface area (Å²) in [6, 6.07) is 19.2. The first-order chi connectivity index (χ1) is 16.5. The molecule has 2 aliphatic rings. The van der Waals surface area contributed by atoms with Gasteiger partial charge in [0, 0.05) is 43.0 Å². The van der Waals surface area contributed by atoms with Gasteiger partial charge in [-0.2, -0.15) is 0 Å². The van der Waals surface area contributed by atoms with Crippen LogP contribution in [0.2, 0.25) is 0 Å². The summed E-state index contributed by atoms with van der Waals surface area (Å²) in [7, 11) is 0. The van der Waals surface area contributed by atoms with Crippen molar-refractivity contribution in [1.82, 2.24) is 10.2 Å². The molecule has 2 heterocycles. The molecule has 3 amide bonds. The first-order valence-corrected chi connectivity index (χ1v) is 11.6. The van der Waals surface area contributed by atoms with Crippen molar-refractivity contribution in [3.63, 3.8) is 0 Å². The molecule has 3 aromatic carbocycles. The number of halogens is 1. The second-order valence-electron chi connectivity index (χ2n) is 8.98. The summed E-state index contributed by atoms with van der Waals surface area (Å²) < 4.78 is 13.1. The first-order valence-electron chi connectivity index (χ1n) is 11.6. The van der Waals surface area contributed by atoms with Crippen molar-refractivity contribution in [3.8, 4) is 0 Å². The second-order valence-corrected chi connectivity index (χ2v) is 8.98. The fourth-order valence-corrected chi connectivity index (χ4v) is 4.92. The molecule has 174 valence electrons. The summed E-state index contributed by atoms with van der Waals surface area (Å²) in [5.41, 5.74) is 1.26. The maximum Gasteiger partial charge on any atom is 0.251 e. The van der Waals surface area contributed by atoms with Gasteiger partial charge in [-0.3, -0.25) is 14.4 Å². The molecule has 0 radical (unpaired) electrons. The number of hydrogen-bond acceptors (Lipinski definition) is 3. The van der Waals surface area contributed by atoms with Crippen LogP contribution in [-0.2, 0) is 9.59 Å². The molecule has 1 unspecified atom stereocenters. The lowest BCUT2D eigenvalue weighted by Gasteiger charge is -2.33. The van der Waals surface area contributed by atoms with Gasteiger partial charge in [0.1, 0.15) is 5.82 Å². The number of likely N-dealkylation sites (tertiary alicyclic amines) is 1. The van der Waals surface area contributed by atoms with Crippen molar-refractivity contribution in [2.24, 2.45) is 5.92 Å². The van der Waals surface area contributed by atoms with Gasteiger partial charge in [-0.05, 0) is 48.6 Å². The zero-order chi connectivity index (χ0) is 23.7. The number of anilines is 1. The van der Waals surface area contributed by atoms with E-state index in [2.05, 4.69) is 5.32 Å². The number of nitrogens with zero attached hydrogens (tertiary/aromatic N) is 2. The van der Waals surface area contributed by atoms with Crippen LogP contribution >= 0.6 is 0 Å².